The maximum Gasteiger partial charge on any atom is 0.0730 e. The molecule has 108 valence electrons. The minimum Gasteiger partial charge on any atom is -0.399 e. The molecule has 0 aliphatic heterocycles. The predicted octanol–water partition coefficient (Wildman–Crippen LogP) is 5.09. The second kappa shape index (κ2) is 6.13. The van der Waals surface area contributed by atoms with Gasteiger partial charge in [-0.25, -0.2) is 4.98 Å². The molecule has 0 radical (unpaired) electrons. The minimum absolute atomic E-state index is 0.769. The lowest BCUT2D eigenvalue weighted by molar-refractivity contribution is 0.668. The standard InChI is InChI=1S/C19H22N2/c1-2-3-4-5-7-14-8-6-9-18-17(14)12-15-10-11-16(20)13-19(15)21-18/h6,8-13H,2-5,7,20H2,1H3. The highest BCUT2D eigenvalue weighted by atomic mass is 14.7. The average molecular weight is 278 g/mol. The Morgan fingerprint density at radius 3 is 2.71 bits per heavy atom. The summed E-state index contributed by atoms with van der Waals surface area (Å²) in [7, 11) is 0. The van der Waals surface area contributed by atoms with Gasteiger partial charge in [0.1, 0.15) is 0 Å². The zero-order valence-corrected chi connectivity index (χ0v) is 12.6. The fraction of sp³-hybridized carbons (Fsp3) is 0.316. The number of fused-ring (bicyclic) bond motifs is 2. The van der Waals surface area contributed by atoms with E-state index in [1.165, 1.54) is 36.6 Å². The van der Waals surface area contributed by atoms with Gasteiger partial charge in [0.05, 0.1) is 11.0 Å². The molecule has 2 nitrogen and oxygen atoms in total. The van der Waals surface area contributed by atoms with Crippen LogP contribution in [0.2, 0.25) is 0 Å². The molecule has 3 rings (SSSR count). The number of hydrogen-bond acceptors (Lipinski definition) is 2. The van der Waals surface area contributed by atoms with Crippen molar-refractivity contribution < 1.29 is 0 Å². The number of aryl methyl sites for hydroxylation is 1. The quantitative estimate of drug-likeness (QED) is 0.401. The van der Waals surface area contributed by atoms with E-state index in [1.807, 2.05) is 12.1 Å². The lowest BCUT2D eigenvalue weighted by Crippen LogP contribution is -1.91. The van der Waals surface area contributed by atoms with Crippen LogP contribution in [-0.4, -0.2) is 4.98 Å². The summed E-state index contributed by atoms with van der Waals surface area (Å²) < 4.78 is 0. The largest absolute Gasteiger partial charge is 0.399 e. The fourth-order valence-electron chi connectivity index (χ4n) is 2.89. The van der Waals surface area contributed by atoms with Crippen molar-refractivity contribution in [3.05, 3.63) is 48.0 Å². The van der Waals surface area contributed by atoms with Gasteiger partial charge in [0, 0.05) is 16.5 Å². The number of hydrogen-bond donors (Lipinski definition) is 1. The molecule has 0 bridgehead atoms. The van der Waals surface area contributed by atoms with Gasteiger partial charge in [-0.1, -0.05) is 44.4 Å². The summed E-state index contributed by atoms with van der Waals surface area (Å²) in [5.74, 6) is 0. The summed E-state index contributed by atoms with van der Waals surface area (Å²) in [6.07, 6.45) is 6.31. The number of unbranched alkanes of at least 4 members (excludes halogenated alkanes) is 3. The van der Waals surface area contributed by atoms with Gasteiger partial charge in [-0.05, 0) is 42.7 Å². The van der Waals surface area contributed by atoms with E-state index in [4.69, 9.17) is 10.7 Å². The molecular formula is C19H22N2. The molecule has 0 spiro atoms. The highest BCUT2D eigenvalue weighted by Gasteiger charge is 2.05. The highest BCUT2D eigenvalue weighted by molar-refractivity contribution is 5.95. The number of nitrogens with zero attached hydrogens (tertiary/aromatic N) is 1. The molecule has 0 aliphatic carbocycles. The lowest BCUT2D eigenvalue weighted by Gasteiger charge is -2.08. The molecule has 2 N–H and O–H groups in total. The first-order valence-electron chi connectivity index (χ1n) is 7.86. The summed E-state index contributed by atoms with van der Waals surface area (Å²) in [5, 5.41) is 2.45. The SMILES string of the molecule is CCCCCCc1cccc2nc3cc(N)ccc3cc12. The van der Waals surface area contributed by atoms with Gasteiger partial charge < -0.3 is 5.73 Å². The Morgan fingerprint density at radius 1 is 0.952 bits per heavy atom. The molecule has 2 aromatic carbocycles. The smallest absolute Gasteiger partial charge is 0.0730 e. The van der Waals surface area contributed by atoms with E-state index in [0.29, 0.717) is 0 Å². The number of nitrogen functional groups attached to an aromatic ring is 1. The second-order valence-corrected chi connectivity index (χ2v) is 5.73. The summed E-state index contributed by atoms with van der Waals surface area (Å²) in [6, 6.07) is 14.6. The Hall–Kier alpha value is -2.09. The zero-order chi connectivity index (χ0) is 14.7. The van der Waals surface area contributed by atoms with E-state index < -0.39 is 0 Å². The van der Waals surface area contributed by atoms with E-state index in [-0.39, 0.29) is 0 Å². The third-order valence-electron chi connectivity index (χ3n) is 4.07. The van der Waals surface area contributed by atoms with Gasteiger partial charge in [0.15, 0.2) is 0 Å². The number of anilines is 1. The van der Waals surface area contributed by atoms with Crippen LogP contribution in [0.5, 0.6) is 0 Å². The lowest BCUT2D eigenvalue weighted by atomic mass is 10.0. The van der Waals surface area contributed by atoms with Gasteiger partial charge in [0.25, 0.3) is 0 Å². The first kappa shape index (κ1) is 13.9. The predicted molar refractivity (Wildman–Crippen MR) is 91.5 cm³/mol. The summed E-state index contributed by atoms with van der Waals surface area (Å²) in [4.78, 5) is 4.76. The average Bonchev–Trinajstić information content (AvgIpc) is 2.49. The van der Waals surface area contributed by atoms with Gasteiger partial charge in [0.2, 0.25) is 0 Å². The third kappa shape index (κ3) is 2.99. The van der Waals surface area contributed by atoms with Crippen molar-refractivity contribution in [3.8, 4) is 0 Å². The monoisotopic (exact) mass is 278 g/mol. The first-order chi connectivity index (χ1) is 10.3. The van der Waals surface area contributed by atoms with Crippen LogP contribution in [0.1, 0.15) is 38.2 Å². The molecular weight excluding hydrogens is 256 g/mol. The molecule has 1 aromatic heterocycles. The molecule has 1 heterocycles. The molecule has 21 heavy (non-hydrogen) atoms. The van der Waals surface area contributed by atoms with Crippen LogP contribution in [0.3, 0.4) is 0 Å². The van der Waals surface area contributed by atoms with Crippen molar-refractivity contribution in [2.75, 3.05) is 5.73 Å². The molecule has 0 saturated carbocycles. The van der Waals surface area contributed by atoms with Crippen molar-refractivity contribution in [2.24, 2.45) is 0 Å². The number of rotatable bonds is 5. The first-order valence-corrected chi connectivity index (χ1v) is 7.86. The molecule has 0 aliphatic rings. The van der Waals surface area contributed by atoms with E-state index in [9.17, 15) is 0 Å². The van der Waals surface area contributed by atoms with Gasteiger partial charge in [-0.15, -0.1) is 0 Å². The van der Waals surface area contributed by atoms with Crippen molar-refractivity contribution in [3.63, 3.8) is 0 Å². The molecule has 2 heteroatoms. The Kier molecular flexibility index (Phi) is 4.05. The fourth-order valence-corrected chi connectivity index (χ4v) is 2.89. The van der Waals surface area contributed by atoms with Gasteiger partial charge >= 0.3 is 0 Å². The maximum absolute atomic E-state index is 5.85. The highest BCUT2D eigenvalue weighted by Crippen LogP contribution is 2.25. The topological polar surface area (TPSA) is 38.9 Å². The zero-order valence-electron chi connectivity index (χ0n) is 12.6. The van der Waals surface area contributed by atoms with Gasteiger partial charge in [-0.3, -0.25) is 0 Å². The third-order valence-corrected chi connectivity index (χ3v) is 4.07. The van der Waals surface area contributed by atoms with Crippen LogP contribution in [-0.2, 0) is 6.42 Å². The summed E-state index contributed by atoms with van der Waals surface area (Å²) in [6.45, 7) is 2.25. The number of benzene rings is 2. The molecule has 0 fully saturated rings. The molecule has 0 atom stereocenters. The van der Waals surface area contributed by atoms with E-state index in [2.05, 4.69) is 37.3 Å². The van der Waals surface area contributed by atoms with Crippen molar-refractivity contribution in [2.45, 2.75) is 39.0 Å². The van der Waals surface area contributed by atoms with Crippen LogP contribution in [0.25, 0.3) is 21.8 Å². The molecule has 0 unspecified atom stereocenters. The minimum atomic E-state index is 0.769. The van der Waals surface area contributed by atoms with Crippen LogP contribution < -0.4 is 5.73 Å². The normalized spacial score (nSPS) is 11.3. The molecule has 0 saturated heterocycles. The van der Waals surface area contributed by atoms with Crippen LogP contribution >= 0.6 is 0 Å². The van der Waals surface area contributed by atoms with E-state index >= 15 is 0 Å². The molecule has 3 aromatic rings. The van der Waals surface area contributed by atoms with Gasteiger partial charge in [-0.2, -0.15) is 0 Å². The van der Waals surface area contributed by atoms with Crippen LogP contribution in [0, 0.1) is 0 Å². The Labute approximate surface area is 126 Å². The Bertz CT molecular complexity index is 762. The Balaban J connectivity index is 1.99. The number of nitrogens with two attached hydrogens (primary N) is 1. The summed E-state index contributed by atoms with van der Waals surface area (Å²) >= 11 is 0. The van der Waals surface area contributed by atoms with Crippen LogP contribution in [0.4, 0.5) is 5.69 Å². The number of aromatic nitrogens is 1. The van der Waals surface area contributed by atoms with Crippen molar-refractivity contribution in [1.82, 2.24) is 4.98 Å². The van der Waals surface area contributed by atoms with Crippen molar-refractivity contribution in [1.29, 1.82) is 0 Å². The van der Waals surface area contributed by atoms with Crippen molar-refractivity contribution >= 4 is 27.5 Å². The second-order valence-electron chi connectivity index (χ2n) is 5.73. The summed E-state index contributed by atoms with van der Waals surface area (Å²) in [5.41, 5.74) is 10.1. The van der Waals surface area contributed by atoms with E-state index in [1.54, 1.807) is 0 Å². The maximum atomic E-state index is 5.85. The Morgan fingerprint density at radius 2 is 1.86 bits per heavy atom. The van der Waals surface area contributed by atoms with Crippen LogP contribution in [0.15, 0.2) is 42.5 Å². The molecule has 0 amide bonds. The number of pyridine rings is 1. The van der Waals surface area contributed by atoms with E-state index in [0.717, 1.165) is 28.5 Å².